The molecule has 1 saturated heterocycles. The van der Waals surface area contributed by atoms with Crippen molar-refractivity contribution in [3.63, 3.8) is 0 Å². The molecule has 1 atom stereocenters. The highest BCUT2D eigenvalue weighted by molar-refractivity contribution is 5.76. The number of carbonyl (C=O) groups excluding carboxylic acids is 1. The van der Waals surface area contributed by atoms with E-state index in [0.29, 0.717) is 0 Å². The summed E-state index contributed by atoms with van der Waals surface area (Å²) in [4.78, 5) is 27.2. The largest absolute Gasteiger partial charge is 0.369 e. The number of aryl methyl sites for hydroxylation is 1. The van der Waals surface area contributed by atoms with Gasteiger partial charge < -0.3 is 15.1 Å². The Labute approximate surface area is 174 Å². The van der Waals surface area contributed by atoms with Crippen LogP contribution in [0.3, 0.4) is 0 Å². The number of amides is 1. The third-order valence-corrected chi connectivity index (χ3v) is 5.39. The number of likely N-dealkylation sites (N-methyl/N-ethyl adjacent to an activating group) is 1. The van der Waals surface area contributed by atoms with Gasteiger partial charge in [0, 0.05) is 50.4 Å². The van der Waals surface area contributed by atoms with Gasteiger partial charge in [-0.3, -0.25) is 19.6 Å². The second kappa shape index (κ2) is 9.66. The van der Waals surface area contributed by atoms with Crippen LogP contribution in [0.15, 0.2) is 30.6 Å². The average Bonchev–Trinajstić information content (AvgIpc) is 3.22. The van der Waals surface area contributed by atoms with Gasteiger partial charge in [0.25, 0.3) is 0 Å². The van der Waals surface area contributed by atoms with Crippen LogP contribution in [-0.4, -0.2) is 58.2 Å². The summed E-state index contributed by atoms with van der Waals surface area (Å²) in [6.45, 7) is 8.80. The second-order valence-corrected chi connectivity index (χ2v) is 7.38. The quantitative estimate of drug-likeness (QED) is 0.522. The van der Waals surface area contributed by atoms with Crippen molar-refractivity contribution in [3.05, 3.63) is 52.1 Å². The number of aromatic nitrogens is 2. The standard InChI is InChI=1S/C20H27FN6O3/c1-3-24-8-10-25(11-9-24)19-5-4-16(21)12-18(19)15(2)23-20(28)6-7-26-14-17(13-22-26)27(29)30/h4-5,12-15H,3,6-11H2,1-2H3,(H,23,28). The van der Waals surface area contributed by atoms with E-state index in [-0.39, 0.29) is 36.4 Å². The molecule has 1 N–H and O–H groups in total. The van der Waals surface area contributed by atoms with Crippen LogP contribution in [0, 0.1) is 15.9 Å². The molecular formula is C20H27FN6O3. The molecule has 30 heavy (non-hydrogen) atoms. The zero-order valence-electron chi connectivity index (χ0n) is 17.3. The normalized spacial score (nSPS) is 15.8. The van der Waals surface area contributed by atoms with Crippen LogP contribution in [-0.2, 0) is 11.3 Å². The van der Waals surface area contributed by atoms with Gasteiger partial charge >= 0.3 is 5.69 Å². The topological polar surface area (TPSA) is 96.5 Å². The lowest BCUT2D eigenvalue weighted by molar-refractivity contribution is -0.385. The minimum absolute atomic E-state index is 0.114. The van der Waals surface area contributed by atoms with E-state index in [2.05, 4.69) is 27.1 Å². The van der Waals surface area contributed by atoms with E-state index < -0.39 is 4.92 Å². The number of halogens is 1. The van der Waals surface area contributed by atoms with Crippen LogP contribution >= 0.6 is 0 Å². The Balaban J connectivity index is 1.62. The molecule has 10 heteroatoms. The van der Waals surface area contributed by atoms with Gasteiger partial charge in [0.1, 0.15) is 18.2 Å². The molecule has 1 aromatic carbocycles. The Hall–Kier alpha value is -3.01. The van der Waals surface area contributed by atoms with Crippen LogP contribution in [0.5, 0.6) is 0 Å². The molecule has 1 amide bonds. The summed E-state index contributed by atoms with van der Waals surface area (Å²) in [6, 6.07) is 4.32. The van der Waals surface area contributed by atoms with Crippen molar-refractivity contribution in [2.45, 2.75) is 32.9 Å². The highest BCUT2D eigenvalue weighted by Gasteiger charge is 2.22. The van der Waals surface area contributed by atoms with Crippen molar-refractivity contribution < 1.29 is 14.1 Å². The van der Waals surface area contributed by atoms with Gasteiger partial charge in [-0.05, 0) is 31.7 Å². The molecule has 162 valence electrons. The summed E-state index contributed by atoms with van der Waals surface area (Å²) in [7, 11) is 0. The third-order valence-electron chi connectivity index (χ3n) is 5.39. The van der Waals surface area contributed by atoms with Crippen molar-refractivity contribution >= 4 is 17.3 Å². The molecule has 2 heterocycles. The lowest BCUT2D eigenvalue weighted by atomic mass is 10.0. The molecule has 0 spiro atoms. The number of nitrogens with zero attached hydrogens (tertiary/aromatic N) is 5. The number of nitro groups is 1. The first-order valence-electron chi connectivity index (χ1n) is 10.1. The summed E-state index contributed by atoms with van der Waals surface area (Å²) in [5.74, 6) is -0.572. The molecule has 1 fully saturated rings. The van der Waals surface area contributed by atoms with Crippen LogP contribution in [0.4, 0.5) is 15.8 Å². The molecule has 9 nitrogen and oxygen atoms in total. The maximum absolute atomic E-state index is 14.0. The molecule has 0 bridgehead atoms. The van der Waals surface area contributed by atoms with E-state index in [9.17, 15) is 19.3 Å². The lowest BCUT2D eigenvalue weighted by Gasteiger charge is -2.37. The number of hydrogen-bond donors (Lipinski definition) is 1. The fraction of sp³-hybridized carbons (Fsp3) is 0.500. The first kappa shape index (κ1) is 21.7. The molecule has 0 aliphatic carbocycles. The fourth-order valence-corrected chi connectivity index (χ4v) is 3.64. The molecule has 1 aromatic heterocycles. The van der Waals surface area contributed by atoms with Gasteiger partial charge in [0.15, 0.2) is 0 Å². The van der Waals surface area contributed by atoms with Crippen molar-refractivity contribution in [1.82, 2.24) is 20.0 Å². The van der Waals surface area contributed by atoms with Gasteiger partial charge in [-0.2, -0.15) is 5.10 Å². The SMILES string of the molecule is CCN1CCN(c2ccc(F)cc2C(C)NC(=O)CCn2cc([N+](=O)[O-])cn2)CC1. The number of anilines is 1. The average molecular weight is 418 g/mol. The van der Waals surface area contributed by atoms with Crippen LogP contribution in [0.2, 0.25) is 0 Å². The molecule has 1 aliphatic heterocycles. The molecule has 3 rings (SSSR count). The smallest absolute Gasteiger partial charge is 0.306 e. The number of hydrogen-bond acceptors (Lipinski definition) is 6. The van der Waals surface area contributed by atoms with E-state index in [4.69, 9.17) is 0 Å². The Morgan fingerprint density at radius 1 is 1.33 bits per heavy atom. The zero-order chi connectivity index (χ0) is 21.7. The maximum Gasteiger partial charge on any atom is 0.306 e. The molecule has 1 unspecified atom stereocenters. The monoisotopic (exact) mass is 418 g/mol. The summed E-state index contributed by atoms with van der Waals surface area (Å²) < 4.78 is 15.3. The first-order valence-corrected chi connectivity index (χ1v) is 10.1. The van der Waals surface area contributed by atoms with E-state index in [1.807, 2.05) is 6.92 Å². The maximum atomic E-state index is 14.0. The van der Waals surface area contributed by atoms with Crippen molar-refractivity contribution in [2.24, 2.45) is 0 Å². The van der Waals surface area contributed by atoms with Gasteiger partial charge in [0.2, 0.25) is 5.91 Å². The van der Waals surface area contributed by atoms with E-state index >= 15 is 0 Å². The fourth-order valence-electron chi connectivity index (χ4n) is 3.64. The van der Waals surface area contributed by atoms with Gasteiger partial charge in [-0.1, -0.05) is 6.92 Å². The van der Waals surface area contributed by atoms with Crippen molar-refractivity contribution in [1.29, 1.82) is 0 Å². The van der Waals surface area contributed by atoms with Crippen LogP contribution < -0.4 is 10.2 Å². The third kappa shape index (κ3) is 5.32. The molecule has 1 aliphatic rings. The summed E-state index contributed by atoms with van der Waals surface area (Å²) in [5.41, 5.74) is 1.56. The number of rotatable bonds is 8. The Morgan fingerprint density at radius 3 is 2.70 bits per heavy atom. The highest BCUT2D eigenvalue weighted by atomic mass is 19.1. The molecule has 2 aromatic rings. The Kier molecular flexibility index (Phi) is 6.99. The molecule has 0 saturated carbocycles. The first-order chi connectivity index (χ1) is 14.4. The minimum atomic E-state index is -0.530. The van der Waals surface area contributed by atoms with Crippen LogP contribution in [0.25, 0.3) is 0 Å². The number of piperazine rings is 1. The van der Waals surface area contributed by atoms with E-state index in [1.165, 1.54) is 23.0 Å². The minimum Gasteiger partial charge on any atom is -0.369 e. The predicted molar refractivity (Wildman–Crippen MR) is 111 cm³/mol. The van der Waals surface area contributed by atoms with E-state index in [1.54, 1.807) is 6.07 Å². The second-order valence-electron chi connectivity index (χ2n) is 7.38. The van der Waals surface area contributed by atoms with Crippen molar-refractivity contribution in [3.8, 4) is 0 Å². The Morgan fingerprint density at radius 2 is 2.07 bits per heavy atom. The summed E-state index contributed by atoms with van der Waals surface area (Å²) >= 11 is 0. The van der Waals surface area contributed by atoms with Gasteiger partial charge in [0.05, 0.1) is 11.0 Å². The number of benzene rings is 1. The number of carbonyl (C=O) groups is 1. The van der Waals surface area contributed by atoms with Gasteiger partial charge in [-0.25, -0.2) is 4.39 Å². The van der Waals surface area contributed by atoms with Gasteiger partial charge in [-0.15, -0.1) is 0 Å². The van der Waals surface area contributed by atoms with E-state index in [0.717, 1.165) is 50.2 Å². The van der Waals surface area contributed by atoms with Crippen molar-refractivity contribution in [2.75, 3.05) is 37.6 Å². The summed E-state index contributed by atoms with van der Waals surface area (Å²) in [6.07, 6.45) is 2.55. The predicted octanol–water partition coefficient (Wildman–Crippen LogP) is 2.34. The highest BCUT2D eigenvalue weighted by Crippen LogP contribution is 2.28. The molecule has 0 radical (unpaired) electrons. The molecular weight excluding hydrogens is 391 g/mol. The number of nitrogens with one attached hydrogen (secondary N) is 1. The van der Waals surface area contributed by atoms with Crippen LogP contribution in [0.1, 0.15) is 31.9 Å². The Bertz CT molecular complexity index is 894. The lowest BCUT2D eigenvalue weighted by Crippen LogP contribution is -2.46. The zero-order valence-corrected chi connectivity index (χ0v) is 17.3. The summed E-state index contributed by atoms with van der Waals surface area (Å²) in [5, 5.41) is 17.5.